The van der Waals surface area contributed by atoms with Crippen molar-refractivity contribution in [2.24, 2.45) is 5.73 Å². The molecule has 0 fully saturated rings. The van der Waals surface area contributed by atoms with Gasteiger partial charge in [0.2, 0.25) is 5.76 Å². The van der Waals surface area contributed by atoms with Crippen LogP contribution in [0.15, 0.2) is 82.0 Å². The zero-order chi connectivity index (χ0) is 23.8. The van der Waals surface area contributed by atoms with Crippen molar-refractivity contribution in [1.29, 1.82) is 0 Å². The van der Waals surface area contributed by atoms with Crippen LogP contribution >= 0.6 is 0 Å². The lowest BCUT2D eigenvalue weighted by atomic mass is 9.98. The van der Waals surface area contributed by atoms with Crippen LogP contribution in [-0.4, -0.2) is 23.3 Å². The van der Waals surface area contributed by atoms with E-state index in [9.17, 15) is 18.8 Å². The van der Waals surface area contributed by atoms with Gasteiger partial charge in [0.15, 0.2) is 12.0 Å². The van der Waals surface area contributed by atoms with Crippen LogP contribution in [0.25, 0.3) is 11.0 Å². The molecule has 2 N–H and O–H groups in total. The van der Waals surface area contributed by atoms with E-state index >= 15 is 0 Å². The molecule has 3 aromatic carbocycles. The van der Waals surface area contributed by atoms with Crippen molar-refractivity contribution >= 4 is 22.8 Å². The number of hydrogen-bond donors (Lipinski definition) is 1. The zero-order valence-electron chi connectivity index (χ0n) is 17.9. The van der Waals surface area contributed by atoms with E-state index in [1.807, 2.05) is 0 Å². The van der Waals surface area contributed by atoms with Crippen molar-refractivity contribution in [3.05, 3.63) is 111 Å². The second-order valence-corrected chi connectivity index (χ2v) is 7.96. The highest BCUT2D eigenvalue weighted by atomic mass is 19.1. The van der Waals surface area contributed by atoms with Crippen molar-refractivity contribution < 1.29 is 23.1 Å². The molecule has 0 aliphatic carbocycles. The van der Waals surface area contributed by atoms with Crippen molar-refractivity contribution in [2.45, 2.75) is 12.6 Å². The maximum Gasteiger partial charge on any atom is 0.291 e. The number of ether oxygens (including phenoxy) is 1. The molecule has 1 aliphatic heterocycles. The van der Waals surface area contributed by atoms with Gasteiger partial charge in [0.05, 0.1) is 17.0 Å². The molecule has 1 aromatic heterocycles. The average Bonchev–Trinajstić information content (AvgIpc) is 3.11. The van der Waals surface area contributed by atoms with Crippen LogP contribution in [0.1, 0.15) is 33.3 Å². The number of amides is 2. The molecule has 0 radical (unpaired) electrons. The molecule has 4 aromatic rings. The van der Waals surface area contributed by atoms with Crippen molar-refractivity contribution in [3.8, 4) is 5.75 Å². The Balaban J connectivity index is 1.61. The lowest BCUT2D eigenvalue weighted by Gasteiger charge is -2.25. The third-order valence-corrected chi connectivity index (χ3v) is 5.72. The largest absolute Gasteiger partial charge is 0.484 e. The molecular weight excluding hydrogens is 439 g/mol. The Labute approximate surface area is 193 Å². The van der Waals surface area contributed by atoms with E-state index < -0.39 is 17.9 Å². The highest BCUT2D eigenvalue weighted by Crippen LogP contribution is 2.39. The Kier molecular flexibility index (Phi) is 5.33. The van der Waals surface area contributed by atoms with Crippen molar-refractivity contribution in [1.82, 2.24) is 4.90 Å². The van der Waals surface area contributed by atoms with Gasteiger partial charge in [-0.2, -0.15) is 0 Å². The first kappa shape index (κ1) is 21.4. The minimum atomic E-state index is -0.724. The molecule has 7 nitrogen and oxygen atoms in total. The lowest BCUT2D eigenvalue weighted by Crippen LogP contribution is -2.29. The number of primary amides is 1. The Morgan fingerprint density at radius 2 is 1.71 bits per heavy atom. The third-order valence-electron chi connectivity index (χ3n) is 5.72. The Bertz CT molecular complexity index is 1460. The van der Waals surface area contributed by atoms with E-state index in [1.54, 1.807) is 60.7 Å². The Hall–Kier alpha value is -4.46. The lowest BCUT2D eigenvalue weighted by molar-refractivity contribution is -0.119. The molecule has 1 aliphatic rings. The molecule has 1 atom stereocenters. The summed E-state index contributed by atoms with van der Waals surface area (Å²) in [4.78, 5) is 39.4. The van der Waals surface area contributed by atoms with Crippen molar-refractivity contribution in [3.63, 3.8) is 0 Å². The van der Waals surface area contributed by atoms with E-state index in [4.69, 9.17) is 14.9 Å². The predicted octanol–water partition coefficient (Wildman–Crippen LogP) is 3.54. The molecule has 1 unspecified atom stereocenters. The molecular formula is C26H19FN2O5. The molecule has 8 heteroatoms. The van der Waals surface area contributed by atoms with Crippen LogP contribution in [-0.2, 0) is 11.3 Å². The number of carbonyl (C=O) groups is 2. The second-order valence-electron chi connectivity index (χ2n) is 7.96. The molecule has 2 amide bonds. The number of hydrogen-bond acceptors (Lipinski definition) is 5. The van der Waals surface area contributed by atoms with Gasteiger partial charge < -0.3 is 19.8 Å². The van der Waals surface area contributed by atoms with Crippen LogP contribution in [0.2, 0.25) is 0 Å². The standard InChI is InChI=1S/C26H19FN2O5/c27-17-9-5-15(6-10-17)13-29-23(16-7-11-18(12-8-16)33-14-21(28)30)22-24(31)19-3-1-2-4-20(19)34-25(22)26(29)32/h1-12,23H,13-14H2,(H2,28,30). The molecule has 0 saturated carbocycles. The number of benzene rings is 3. The summed E-state index contributed by atoms with van der Waals surface area (Å²) in [6.07, 6.45) is 0. The van der Waals surface area contributed by atoms with E-state index in [1.165, 1.54) is 17.0 Å². The summed E-state index contributed by atoms with van der Waals surface area (Å²) in [6, 6.07) is 18.6. The summed E-state index contributed by atoms with van der Waals surface area (Å²) in [5.74, 6) is -1.01. The second kappa shape index (κ2) is 8.47. The number of nitrogens with two attached hydrogens (primary N) is 1. The number of rotatable bonds is 6. The SMILES string of the molecule is NC(=O)COc1ccc(C2c3c(oc4ccccc4c3=O)C(=O)N2Cc2ccc(F)cc2)cc1. The van der Waals surface area contributed by atoms with Crippen molar-refractivity contribution in [2.75, 3.05) is 6.61 Å². The molecule has 0 bridgehead atoms. The minimum absolute atomic E-state index is 0.00938. The van der Waals surface area contributed by atoms with Crippen LogP contribution in [0.5, 0.6) is 5.75 Å². The van der Waals surface area contributed by atoms with Gasteiger partial charge in [0.1, 0.15) is 17.1 Å². The monoisotopic (exact) mass is 458 g/mol. The number of halogens is 1. The maximum atomic E-state index is 13.5. The number of fused-ring (bicyclic) bond motifs is 2. The summed E-state index contributed by atoms with van der Waals surface area (Å²) in [6.45, 7) is -0.125. The van der Waals surface area contributed by atoms with Gasteiger partial charge >= 0.3 is 0 Å². The van der Waals surface area contributed by atoms with Gasteiger partial charge in [-0.15, -0.1) is 0 Å². The normalized spacial score (nSPS) is 14.9. The summed E-state index contributed by atoms with van der Waals surface area (Å²) in [7, 11) is 0. The summed E-state index contributed by atoms with van der Waals surface area (Å²) >= 11 is 0. The van der Waals surface area contributed by atoms with Gasteiger partial charge in [-0.25, -0.2) is 4.39 Å². The number of para-hydroxylation sites is 1. The molecule has 0 spiro atoms. The topological polar surface area (TPSA) is 103 Å². The fraction of sp³-hybridized carbons (Fsp3) is 0.115. The van der Waals surface area contributed by atoms with E-state index in [0.29, 0.717) is 27.8 Å². The Morgan fingerprint density at radius 1 is 1.00 bits per heavy atom. The molecule has 34 heavy (non-hydrogen) atoms. The first-order chi connectivity index (χ1) is 16.4. The third kappa shape index (κ3) is 3.79. The van der Waals surface area contributed by atoms with Gasteiger partial charge in [-0.1, -0.05) is 36.4 Å². The molecule has 170 valence electrons. The van der Waals surface area contributed by atoms with Gasteiger partial charge in [-0.3, -0.25) is 14.4 Å². The highest BCUT2D eigenvalue weighted by Gasteiger charge is 2.42. The molecule has 0 saturated heterocycles. The van der Waals surface area contributed by atoms with Gasteiger partial charge in [-0.05, 0) is 47.5 Å². The summed E-state index contributed by atoms with van der Waals surface area (Å²) in [5.41, 5.74) is 6.77. The Morgan fingerprint density at radius 3 is 2.41 bits per heavy atom. The van der Waals surface area contributed by atoms with Crippen LogP contribution in [0, 0.1) is 5.82 Å². The van der Waals surface area contributed by atoms with Gasteiger partial charge in [0.25, 0.3) is 11.8 Å². The predicted molar refractivity (Wildman–Crippen MR) is 122 cm³/mol. The number of carbonyl (C=O) groups excluding carboxylic acids is 2. The molecule has 2 heterocycles. The maximum absolute atomic E-state index is 13.5. The summed E-state index contributed by atoms with van der Waals surface area (Å²) < 4.78 is 24.6. The van der Waals surface area contributed by atoms with Crippen LogP contribution in [0.4, 0.5) is 4.39 Å². The minimum Gasteiger partial charge on any atom is -0.484 e. The fourth-order valence-corrected chi connectivity index (χ4v) is 4.16. The number of nitrogens with zero attached hydrogens (tertiary/aromatic N) is 1. The molecule has 5 rings (SSSR count). The van der Waals surface area contributed by atoms with Crippen LogP contribution < -0.4 is 15.9 Å². The van der Waals surface area contributed by atoms with E-state index in [2.05, 4.69) is 0 Å². The van der Waals surface area contributed by atoms with E-state index in [0.717, 1.165) is 0 Å². The van der Waals surface area contributed by atoms with Gasteiger partial charge in [0, 0.05) is 6.54 Å². The smallest absolute Gasteiger partial charge is 0.291 e. The fourth-order valence-electron chi connectivity index (χ4n) is 4.16. The summed E-state index contributed by atoms with van der Waals surface area (Å²) in [5, 5.41) is 0.379. The zero-order valence-corrected chi connectivity index (χ0v) is 17.9. The highest BCUT2D eigenvalue weighted by molar-refractivity contribution is 5.99. The first-order valence-electron chi connectivity index (χ1n) is 10.5. The quantitative estimate of drug-likeness (QED) is 0.476. The average molecular weight is 458 g/mol. The van der Waals surface area contributed by atoms with Crippen LogP contribution in [0.3, 0.4) is 0 Å². The first-order valence-corrected chi connectivity index (χ1v) is 10.5. The van der Waals surface area contributed by atoms with E-state index in [-0.39, 0.29) is 35.7 Å².